The van der Waals surface area contributed by atoms with Crippen LogP contribution < -0.4 is 5.32 Å². The molecule has 0 aliphatic rings. The van der Waals surface area contributed by atoms with Crippen LogP contribution in [0.3, 0.4) is 0 Å². The Kier molecular flexibility index (Phi) is 9.51. The van der Waals surface area contributed by atoms with Crippen LogP contribution in [-0.4, -0.2) is 23.4 Å². The summed E-state index contributed by atoms with van der Waals surface area (Å²) in [6, 6.07) is 0. The van der Waals surface area contributed by atoms with Crippen molar-refractivity contribution in [3.8, 4) is 0 Å². The lowest BCUT2D eigenvalue weighted by molar-refractivity contribution is -0.134. The highest BCUT2D eigenvalue weighted by Gasteiger charge is 2.21. The van der Waals surface area contributed by atoms with Crippen molar-refractivity contribution in [2.45, 2.75) is 65.7 Å². The number of carbonyl (C=O) groups excluding carboxylic acids is 4. The SMILES string of the molecule is CCC(=O)CC(CCCCCC(C)=O)C(=O)NC(C)=O. The summed E-state index contributed by atoms with van der Waals surface area (Å²) in [6.45, 7) is 4.60. The van der Waals surface area contributed by atoms with Gasteiger partial charge in [-0.1, -0.05) is 19.8 Å². The fraction of sp³-hybridized carbons (Fsp3) is 0.733. The monoisotopic (exact) mass is 283 g/mol. The molecule has 1 unspecified atom stereocenters. The first kappa shape index (κ1) is 18.5. The first-order chi connectivity index (χ1) is 9.36. The summed E-state index contributed by atoms with van der Waals surface area (Å²) in [4.78, 5) is 45.0. The molecule has 0 fully saturated rings. The van der Waals surface area contributed by atoms with E-state index in [1.165, 1.54) is 6.92 Å². The van der Waals surface area contributed by atoms with E-state index in [9.17, 15) is 19.2 Å². The van der Waals surface area contributed by atoms with Crippen LogP contribution in [0.4, 0.5) is 0 Å². The molecule has 0 aromatic rings. The summed E-state index contributed by atoms with van der Waals surface area (Å²) in [5.41, 5.74) is 0. The van der Waals surface area contributed by atoms with Crippen LogP contribution in [0.2, 0.25) is 0 Å². The highest BCUT2D eigenvalue weighted by Crippen LogP contribution is 2.16. The fourth-order valence-corrected chi connectivity index (χ4v) is 1.96. The third-order valence-corrected chi connectivity index (χ3v) is 3.12. The predicted octanol–water partition coefficient (Wildman–Crippen LogP) is 2.17. The second-order valence-electron chi connectivity index (χ2n) is 5.14. The zero-order chi connectivity index (χ0) is 15.5. The molecule has 0 aliphatic heterocycles. The van der Waals surface area contributed by atoms with E-state index in [0.717, 1.165) is 19.3 Å². The molecular formula is C15H25NO4. The summed E-state index contributed by atoms with van der Waals surface area (Å²) < 4.78 is 0. The summed E-state index contributed by atoms with van der Waals surface area (Å²) in [6.07, 6.45) is 4.14. The molecule has 0 saturated heterocycles. The molecule has 0 heterocycles. The Morgan fingerprint density at radius 1 is 1.00 bits per heavy atom. The molecule has 20 heavy (non-hydrogen) atoms. The standard InChI is InChI=1S/C15H25NO4/c1-4-14(19)10-13(15(20)16-12(3)18)9-7-5-6-8-11(2)17/h13H,4-10H2,1-3H3,(H,16,18,20). The van der Waals surface area contributed by atoms with Gasteiger partial charge in [0.15, 0.2) is 0 Å². The average molecular weight is 283 g/mol. The van der Waals surface area contributed by atoms with Crippen molar-refractivity contribution in [3.63, 3.8) is 0 Å². The van der Waals surface area contributed by atoms with Crippen LogP contribution in [0.15, 0.2) is 0 Å². The van der Waals surface area contributed by atoms with Gasteiger partial charge in [-0.15, -0.1) is 0 Å². The van der Waals surface area contributed by atoms with Gasteiger partial charge in [-0.2, -0.15) is 0 Å². The van der Waals surface area contributed by atoms with Gasteiger partial charge >= 0.3 is 0 Å². The molecule has 5 nitrogen and oxygen atoms in total. The molecule has 114 valence electrons. The van der Waals surface area contributed by atoms with Crippen LogP contribution in [0, 0.1) is 5.92 Å². The van der Waals surface area contributed by atoms with Crippen molar-refractivity contribution in [3.05, 3.63) is 0 Å². The van der Waals surface area contributed by atoms with E-state index >= 15 is 0 Å². The van der Waals surface area contributed by atoms with E-state index in [1.807, 2.05) is 0 Å². The van der Waals surface area contributed by atoms with Gasteiger partial charge in [0.05, 0.1) is 0 Å². The summed E-state index contributed by atoms with van der Waals surface area (Å²) in [5.74, 6) is -1.02. The Morgan fingerprint density at radius 2 is 1.65 bits per heavy atom. The van der Waals surface area contributed by atoms with Crippen LogP contribution in [0.5, 0.6) is 0 Å². The first-order valence-electron chi connectivity index (χ1n) is 7.19. The second kappa shape index (κ2) is 10.3. The number of amides is 2. The minimum Gasteiger partial charge on any atom is -0.300 e. The molecular weight excluding hydrogens is 258 g/mol. The maximum atomic E-state index is 11.8. The Labute approximate surface area is 120 Å². The van der Waals surface area contributed by atoms with Crippen molar-refractivity contribution in [2.75, 3.05) is 0 Å². The van der Waals surface area contributed by atoms with Crippen molar-refractivity contribution >= 4 is 23.4 Å². The van der Waals surface area contributed by atoms with E-state index in [4.69, 9.17) is 0 Å². The largest absolute Gasteiger partial charge is 0.300 e. The zero-order valence-corrected chi connectivity index (χ0v) is 12.7. The van der Waals surface area contributed by atoms with Gasteiger partial charge in [0, 0.05) is 32.1 Å². The molecule has 2 amide bonds. The van der Waals surface area contributed by atoms with Crippen molar-refractivity contribution < 1.29 is 19.2 Å². The van der Waals surface area contributed by atoms with Gasteiger partial charge in [0.2, 0.25) is 11.8 Å². The molecule has 0 saturated carbocycles. The number of unbranched alkanes of at least 4 members (excludes halogenated alkanes) is 2. The van der Waals surface area contributed by atoms with Crippen molar-refractivity contribution in [1.82, 2.24) is 5.32 Å². The summed E-state index contributed by atoms with van der Waals surface area (Å²) in [7, 11) is 0. The predicted molar refractivity (Wildman–Crippen MR) is 76.0 cm³/mol. The quantitative estimate of drug-likeness (QED) is 0.623. The van der Waals surface area contributed by atoms with Crippen LogP contribution in [0.1, 0.15) is 65.7 Å². The normalized spacial score (nSPS) is 11.8. The minimum absolute atomic E-state index is 0.0254. The molecule has 0 rings (SSSR count). The molecule has 1 N–H and O–H groups in total. The topological polar surface area (TPSA) is 80.3 Å². The lowest BCUT2D eigenvalue weighted by atomic mass is 9.93. The van der Waals surface area contributed by atoms with Crippen molar-refractivity contribution in [1.29, 1.82) is 0 Å². The van der Waals surface area contributed by atoms with E-state index in [0.29, 0.717) is 19.3 Å². The number of ketones is 2. The number of hydrogen-bond donors (Lipinski definition) is 1. The first-order valence-corrected chi connectivity index (χ1v) is 7.19. The molecule has 0 aliphatic carbocycles. The van der Waals surface area contributed by atoms with Crippen molar-refractivity contribution in [2.24, 2.45) is 5.92 Å². The van der Waals surface area contributed by atoms with Gasteiger partial charge in [0.25, 0.3) is 0 Å². The van der Waals surface area contributed by atoms with Gasteiger partial charge in [-0.3, -0.25) is 19.7 Å². The number of Topliss-reactive ketones (excluding diaryl/α,β-unsaturated/α-hetero) is 2. The Balaban J connectivity index is 4.24. The average Bonchev–Trinajstić information content (AvgIpc) is 2.35. The second-order valence-corrected chi connectivity index (χ2v) is 5.14. The Bertz CT molecular complexity index is 363. The van der Waals surface area contributed by atoms with E-state index in [-0.39, 0.29) is 23.9 Å². The fourth-order valence-electron chi connectivity index (χ4n) is 1.96. The molecule has 0 spiro atoms. The number of hydrogen-bond acceptors (Lipinski definition) is 4. The van der Waals surface area contributed by atoms with E-state index < -0.39 is 11.8 Å². The van der Waals surface area contributed by atoms with Crippen LogP contribution in [0.25, 0.3) is 0 Å². The van der Waals surface area contributed by atoms with Crippen LogP contribution >= 0.6 is 0 Å². The van der Waals surface area contributed by atoms with Crippen LogP contribution in [-0.2, 0) is 19.2 Å². The maximum Gasteiger partial charge on any atom is 0.230 e. The molecule has 0 aromatic heterocycles. The third kappa shape index (κ3) is 9.42. The molecule has 0 radical (unpaired) electrons. The highest BCUT2D eigenvalue weighted by atomic mass is 16.2. The highest BCUT2D eigenvalue weighted by molar-refractivity contribution is 5.96. The lowest BCUT2D eigenvalue weighted by Crippen LogP contribution is -2.35. The number of rotatable bonds is 10. The third-order valence-electron chi connectivity index (χ3n) is 3.12. The minimum atomic E-state index is -0.441. The maximum absolute atomic E-state index is 11.8. The Hall–Kier alpha value is -1.52. The molecule has 5 heteroatoms. The number of carbonyl (C=O) groups is 4. The lowest BCUT2D eigenvalue weighted by Gasteiger charge is -2.14. The van der Waals surface area contributed by atoms with Gasteiger partial charge in [-0.25, -0.2) is 0 Å². The Morgan fingerprint density at radius 3 is 2.15 bits per heavy atom. The van der Waals surface area contributed by atoms with Gasteiger partial charge in [-0.05, 0) is 19.8 Å². The summed E-state index contributed by atoms with van der Waals surface area (Å²) in [5, 5.41) is 2.25. The zero-order valence-electron chi connectivity index (χ0n) is 12.7. The molecule has 0 aromatic carbocycles. The van der Waals surface area contributed by atoms with Gasteiger partial charge < -0.3 is 4.79 Å². The van der Waals surface area contributed by atoms with E-state index in [1.54, 1.807) is 13.8 Å². The molecule has 0 bridgehead atoms. The smallest absolute Gasteiger partial charge is 0.230 e. The number of imide groups is 1. The number of nitrogens with one attached hydrogen (secondary N) is 1. The van der Waals surface area contributed by atoms with Gasteiger partial charge in [0.1, 0.15) is 11.6 Å². The molecule has 1 atom stereocenters. The summed E-state index contributed by atoms with van der Waals surface area (Å²) >= 11 is 0. The van der Waals surface area contributed by atoms with E-state index in [2.05, 4.69) is 5.32 Å².